The second kappa shape index (κ2) is 7.02. The third-order valence-electron chi connectivity index (χ3n) is 4.93. The lowest BCUT2D eigenvalue weighted by molar-refractivity contribution is -0.121. The van der Waals surface area contributed by atoms with E-state index in [-0.39, 0.29) is 30.0 Å². The molecule has 1 aromatic carbocycles. The molecule has 2 aromatic heterocycles. The standard InChI is InChI=1S/C21H23N3O3/c1-13-7-10-18(27-13)14(2)22-20(25)12-11-19-23-17-6-4-3-5-16(17)21(26)24(19)15-8-9-15/h3-7,10,14-15H,8-9,11-12H2,1-2H3,(H,22,25). The summed E-state index contributed by atoms with van der Waals surface area (Å²) >= 11 is 0. The highest BCUT2D eigenvalue weighted by atomic mass is 16.3. The van der Waals surface area contributed by atoms with Crippen molar-refractivity contribution in [3.63, 3.8) is 0 Å². The summed E-state index contributed by atoms with van der Waals surface area (Å²) in [6, 6.07) is 11.2. The van der Waals surface area contributed by atoms with Gasteiger partial charge in [0, 0.05) is 18.9 Å². The van der Waals surface area contributed by atoms with Gasteiger partial charge in [0.2, 0.25) is 5.91 Å². The minimum Gasteiger partial charge on any atom is -0.464 e. The molecule has 0 saturated heterocycles. The number of benzene rings is 1. The number of hydrogen-bond donors (Lipinski definition) is 1. The number of aromatic nitrogens is 2. The van der Waals surface area contributed by atoms with Gasteiger partial charge in [0.25, 0.3) is 5.56 Å². The number of hydrogen-bond acceptors (Lipinski definition) is 4. The molecule has 1 saturated carbocycles. The fourth-order valence-electron chi connectivity index (χ4n) is 3.37. The van der Waals surface area contributed by atoms with E-state index >= 15 is 0 Å². The molecule has 27 heavy (non-hydrogen) atoms. The highest BCUT2D eigenvalue weighted by Gasteiger charge is 2.28. The van der Waals surface area contributed by atoms with Crippen LogP contribution in [0.15, 0.2) is 45.6 Å². The van der Waals surface area contributed by atoms with E-state index in [2.05, 4.69) is 10.3 Å². The van der Waals surface area contributed by atoms with Crippen molar-refractivity contribution in [3.05, 3.63) is 64.1 Å². The van der Waals surface area contributed by atoms with Crippen molar-refractivity contribution >= 4 is 16.8 Å². The highest BCUT2D eigenvalue weighted by Crippen LogP contribution is 2.34. The molecule has 3 aromatic rings. The van der Waals surface area contributed by atoms with Crippen LogP contribution in [0.3, 0.4) is 0 Å². The van der Waals surface area contributed by atoms with Gasteiger partial charge in [0.15, 0.2) is 0 Å². The molecular formula is C21H23N3O3. The van der Waals surface area contributed by atoms with Crippen molar-refractivity contribution in [1.29, 1.82) is 0 Å². The van der Waals surface area contributed by atoms with Crippen LogP contribution in [0.2, 0.25) is 0 Å². The number of furan rings is 1. The summed E-state index contributed by atoms with van der Waals surface area (Å²) in [5, 5.41) is 3.59. The normalized spacial score (nSPS) is 15.0. The summed E-state index contributed by atoms with van der Waals surface area (Å²) in [6.07, 6.45) is 2.70. The van der Waals surface area contributed by atoms with Gasteiger partial charge in [-0.15, -0.1) is 0 Å². The molecule has 0 bridgehead atoms. The van der Waals surface area contributed by atoms with Crippen molar-refractivity contribution in [2.45, 2.75) is 51.6 Å². The Hall–Kier alpha value is -2.89. The Morgan fingerprint density at radius 1 is 1.30 bits per heavy atom. The monoisotopic (exact) mass is 365 g/mol. The summed E-state index contributed by atoms with van der Waals surface area (Å²) in [7, 11) is 0. The van der Waals surface area contributed by atoms with Gasteiger partial charge in [-0.3, -0.25) is 14.2 Å². The molecule has 2 heterocycles. The van der Waals surface area contributed by atoms with Crippen LogP contribution in [-0.2, 0) is 11.2 Å². The smallest absolute Gasteiger partial charge is 0.261 e. The summed E-state index contributed by atoms with van der Waals surface area (Å²) < 4.78 is 7.35. The van der Waals surface area contributed by atoms with E-state index < -0.39 is 0 Å². The average molecular weight is 365 g/mol. The van der Waals surface area contributed by atoms with Crippen molar-refractivity contribution in [1.82, 2.24) is 14.9 Å². The minimum absolute atomic E-state index is 0.00191. The number of aryl methyl sites for hydroxylation is 2. The molecule has 0 spiro atoms. The van der Waals surface area contributed by atoms with Crippen molar-refractivity contribution < 1.29 is 9.21 Å². The van der Waals surface area contributed by atoms with Gasteiger partial charge in [-0.25, -0.2) is 4.98 Å². The maximum absolute atomic E-state index is 12.9. The van der Waals surface area contributed by atoms with Crippen LogP contribution in [-0.4, -0.2) is 15.5 Å². The molecule has 0 aliphatic heterocycles. The number of nitrogens with one attached hydrogen (secondary N) is 1. The molecule has 1 aliphatic rings. The fourth-order valence-corrected chi connectivity index (χ4v) is 3.37. The molecule has 1 unspecified atom stereocenters. The van der Waals surface area contributed by atoms with E-state index in [9.17, 15) is 9.59 Å². The Morgan fingerprint density at radius 3 is 2.78 bits per heavy atom. The maximum Gasteiger partial charge on any atom is 0.261 e. The first-order chi connectivity index (χ1) is 13.0. The zero-order valence-corrected chi connectivity index (χ0v) is 15.6. The first-order valence-corrected chi connectivity index (χ1v) is 9.39. The summed E-state index contributed by atoms with van der Waals surface area (Å²) in [4.78, 5) is 29.9. The number of nitrogens with zero attached hydrogens (tertiary/aromatic N) is 2. The Morgan fingerprint density at radius 2 is 2.07 bits per heavy atom. The second-order valence-corrected chi connectivity index (χ2v) is 7.19. The van der Waals surface area contributed by atoms with Crippen LogP contribution in [0.1, 0.15) is 55.6 Å². The van der Waals surface area contributed by atoms with Crippen LogP contribution in [0.4, 0.5) is 0 Å². The lowest BCUT2D eigenvalue weighted by Crippen LogP contribution is -2.29. The van der Waals surface area contributed by atoms with Gasteiger partial charge in [0.05, 0.1) is 16.9 Å². The third kappa shape index (κ3) is 3.65. The number of carbonyl (C=O) groups is 1. The molecule has 4 rings (SSSR count). The Labute approximate surface area is 157 Å². The Kier molecular flexibility index (Phi) is 4.56. The predicted molar refractivity (Wildman–Crippen MR) is 103 cm³/mol. The Balaban J connectivity index is 1.50. The topological polar surface area (TPSA) is 77.1 Å². The minimum atomic E-state index is -0.193. The quantitative estimate of drug-likeness (QED) is 0.726. The number of amides is 1. The van der Waals surface area contributed by atoms with E-state index in [1.165, 1.54) is 0 Å². The zero-order valence-electron chi connectivity index (χ0n) is 15.6. The largest absolute Gasteiger partial charge is 0.464 e. The summed E-state index contributed by atoms with van der Waals surface area (Å²) in [5.74, 6) is 2.17. The molecule has 1 atom stereocenters. The molecule has 1 fully saturated rings. The van der Waals surface area contributed by atoms with Gasteiger partial charge in [-0.1, -0.05) is 12.1 Å². The molecular weight excluding hydrogens is 342 g/mol. The van der Waals surface area contributed by atoms with Crippen LogP contribution in [0.5, 0.6) is 0 Å². The lowest BCUT2D eigenvalue weighted by atomic mass is 10.2. The van der Waals surface area contributed by atoms with Gasteiger partial charge >= 0.3 is 0 Å². The van der Waals surface area contributed by atoms with Crippen molar-refractivity contribution in [2.24, 2.45) is 0 Å². The first-order valence-electron chi connectivity index (χ1n) is 9.39. The second-order valence-electron chi connectivity index (χ2n) is 7.19. The number of fused-ring (bicyclic) bond motifs is 1. The van der Waals surface area contributed by atoms with Gasteiger partial charge in [-0.2, -0.15) is 0 Å². The third-order valence-corrected chi connectivity index (χ3v) is 4.93. The molecule has 140 valence electrons. The van der Waals surface area contributed by atoms with Crippen molar-refractivity contribution in [2.75, 3.05) is 0 Å². The number of para-hydroxylation sites is 1. The van der Waals surface area contributed by atoms with E-state index in [4.69, 9.17) is 4.42 Å². The molecule has 6 heteroatoms. The van der Waals surface area contributed by atoms with E-state index in [1.54, 1.807) is 4.57 Å². The average Bonchev–Trinajstić information content (AvgIpc) is 3.39. The summed E-state index contributed by atoms with van der Waals surface area (Å²) in [6.45, 7) is 3.77. The van der Waals surface area contributed by atoms with Crippen LogP contribution < -0.4 is 10.9 Å². The predicted octanol–water partition coefficient (Wildman–Crippen LogP) is 3.44. The van der Waals surface area contributed by atoms with E-state index in [0.717, 1.165) is 24.4 Å². The number of carbonyl (C=O) groups excluding carboxylic acids is 1. The maximum atomic E-state index is 12.9. The van der Waals surface area contributed by atoms with Gasteiger partial charge in [0.1, 0.15) is 17.3 Å². The first kappa shape index (κ1) is 17.5. The van der Waals surface area contributed by atoms with Crippen LogP contribution in [0, 0.1) is 6.92 Å². The van der Waals surface area contributed by atoms with Crippen LogP contribution in [0.25, 0.3) is 10.9 Å². The zero-order chi connectivity index (χ0) is 19.0. The van der Waals surface area contributed by atoms with E-state index in [1.807, 2.05) is 50.2 Å². The molecule has 1 amide bonds. The fraction of sp³-hybridized carbons (Fsp3) is 0.381. The lowest BCUT2D eigenvalue weighted by Gasteiger charge is -2.14. The number of rotatable bonds is 6. The van der Waals surface area contributed by atoms with E-state index in [0.29, 0.717) is 23.1 Å². The summed E-state index contributed by atoms with van der Waals surface area (Å²) in [5.41, 5.74) is 0.687. The molecule has 1 aliphatic carbocycles. The van der Waals surface area contributed by atoms with Gasteiger partial charge < -0.3 is 9.73 Å². The molecule has 1 N–H and O–H groups in total. The Bertz CT molecular complexity index is 1050. The van der Waals surface area contributed by atoms with Gasteiger partial charge in [-0.05, 0) is 51.0 Å². The SMILES string of the molecule is Cc1ccc(C(C)NC(=O)CCc2nc3ccccc3c(=O)n2C2CC2)o1. The molecule has 0 radical (unpaired) electrons. The highest BCUT2D eigenvalue weighted by molar-refractivity contribution is 5.78. The molecule has 6 nitrogen and oxygen atoms in total. The van der Waals surface area contributed by atoms with Crippen molar-refractivity contribution in [3.8, 4) is 0 Å². The van der Waals surface area contributed by atoms with Crippen LogP contribution >= 0.6 is 0 Å².